The summed E-state index contributed by atoms with van der Waals surface area (Å²) in [4.78, 5) is 0. The Kier molecular flexibility index (Phi) is 1.95. The summed E-state index contributed by atoms with van der Waals surface area (Å²) in [5, 5.41) is 20.2. The summed E-state index contributed by atoms with van der Waals surface area (Å²) >= 11 is 0. The van der Waals surface area contributed by atoms with Crippen LogP contribution in [-0.2, 0) is 0 Å². The lowest BCUT2D eigenvalue weighted by Crippen LogP contribution is -2.00. The molecule has 68 valence electrons. The van der Waals surface area contributed by atoms with E-state index in [0.29, 0.717) is 11.5 Å². The maximum atomic E-state index is 8.53. The molecule has 0 saturated heterocycles. The number of hydrogen-bond donors (Lipinski definition) is 0. The van der Waals surface area contributed by atoms with E-state index in [9.17, 15) is 0 Å². The quantitative estimate of drug-likeness (QED) is 0.660. The molecule has 0 aliphatic carbocycles. The van der Waals surface area contributed by atoms with Gasteiger partial charge in [0, 0.05) is 6.20 Å². The number of rotatable bonds is 1. The molecule has 0 spiro atoms. The lowest BCUT2D eigenvalue weighted by molar-refractivity contribution is 0.811. The molecule has 0 atom stereocenters. The molecule has 2 heterocycles. The summed E-state index contributed by atoms with van der Waals surface area (Å²) in [5.74, 6) is 0.608. The van der Waals surface area contributed by atoms with Gasteiger partial charge in [0.25, 0.3) is 0 Å². The van der Waals surface area contributed by atoms with E-state index in [0.717, 1.165) is 5.56 Å². The molecule has 5 nitrogen and oxygen atoms in total. The molecule has 0 bridgehead atoms. The second-order valence-corrected chi connectivity index (χ2v) is 2.85. The smallest absolute Gasteiger partial charge is 0.175 e. The van der Waals surface area contributed by atoms with E-state index in [-0.39, 0.29) is 0 Å². The van der Waals surface area contributed by atoms with E-state index in [1.807, 2.05) is 19.2 Å². The zero-order valence-electron chi connectivity index (χ0n) is 7.55. The van der Waals surface area contributed by atoms with Gasteiger partial charge in [-0.15, -0.1) is 10.2 Å². The van der Waals surface area contributed by atoms with Crippen LogP contribution in [-0.4, -0.2) is 20.0 Å². The van der Waals surface area contributed by atoms with E-state index in [2.05, 4.69) is 15.3 Å². The summed E-state index contributed by atoms with van der Waals surface area (Å²) in [7, 11) is 0. The Morgan fingerprint density at radius 1 is 1.36 bits per heavy atom. The molecular formula is C9H7N5. The number of hydrogen-bond acceptors (Lipinski definition) is 4. The van der Waals surface area contributed by atoms with Gasteiger partial charge in [-0.05, 0) is 24.6 Å². The van der Waals surface area contributed by atoms with Crippen LogP contribution < -0.4 is 0 Å². The van der Waals surface area contributed by atoms with Gasteiger partial charge in [-0.25, -0.2) is 4.68 Å². The van der Waals surface area contributed by atoms with Gasteiger partial charge >= 0.3 is 0 Å². The number of aryl methyl sites for hydroxylation is 1. The average molecular weight is 185 g/mol. The Bertz CT molecular complexity index is 477. The van der Waals surface area contributed by atoms with Crippen LogP contribution in [0.1, 0.15) is 11.3 Å². The highest BCUT2D eigenvalue weighted by Crippen LogP contribution is 2.03. The summed E-state index contributed by atoms with van der Waals surface area (Å²) in [6.45, 7) is 1.95. The Labute approximate surface area is 80.6 Å². The van der Waals surface area contributed by atoms with Gasteiger partial charge in [0.05, 0.1) is 6.20 Å². The molecule has 5 heteroatoms. The molecule has 2 aromatic heterocycles. The van der Waals surface area contributed by atoms with E-state index in [4.69, 9.17) is 5.26 Å². The number of aromatic nitrogens is 4. The van der Waals surface area contributed by atoms with Crippen molar-refractivity contribution in [1.29, 1.82) is 5.26 Å². The summed E-state index contributed by atoms with van der Waals surface area (Å²) in [6.07, 6.45) is 3.58. The number of nitrogens with zero attached hydrogens (tertiary/aromatic N) is 5. The third-order valence-corrected chi connectivity index (χ3v) is 1.71. The molecule has 0 saturated carbocycles. The van der Waals surface area contributed by atoms with Crippen LogP contribution in [0.3, 0.4) is 0 Å². The van der Waals surface area contributed by atoms with Crippen molar-refractivity contribution >= 4 is 0 Å². The third-order valence-electron chi connectivity index (χ3n) is 1.71. The first kappa shape index (κ1) is 8.38. The highest BCUT2D eigenvalue weighted by Gasteiger charge is 2.00. The normalized spacial score (nSPS) is 9.71. The highest BCUT2D eigenvalue weighted by atomic mass is 15.3. The van der Waals surface area contributed by atoms with Crippen LogP contribution in [0.15, 0.2) is 24.5 Å². The molecule has 0 N–H and O–H groups in total. The standard InChI is InChI=1S/C9H7N5/c1-7-5-11-14(6-7)9-3-2-8(4-10)12-13-9/h2-3,5-6H,1H3. The van der Waals surface area contributed by atoms with Crippen LogP contribution in [0.4, 0.5) is 0 Å². The van der Waals surface area contributed by atoms with Gasteiger partial charge in [-0.1, -0.05) is 0 Å². The lowest BCUT2D eigenvalue weighted by atomic mass is 10.4. The largest absolute Gasteiger partial charge is 0.221 e. The molecule has 0 radical (unpaired) electrons. The van der Waals surface area contributed by atoms with E-state index < -0.39 is 0 Å². The van der Waals surface area contributed by atoms with Crippen molar-refractivity contribution in [2.45, 2.75) is 6.92 Å². The molecule has 0 fully saturated rings. The second-order valence-electron chi connectivity index (χ2n) is 2.85. The molecular weight excluding hydrogens is 178 g/mol. The zero-order chi connectivity index (χ0) is 9.97. The summed E-state index contributed by atoms with van der Waals surface area (Å²) in [5.41, 5.74) is 1.36. The van der Waals surface area contributed by atoms with Gasteiger partial charge in [0.1, 0.15) is 6.07 Å². The minimum atomic E-state index is 0.303. The second kappa shape index (κ2) is 3.26. The van der Waals surface area contributed by atoms with Crippen LogP contribution in [0.25, 0.3) is 5.82 Å². The Morgan fingerprint density at radius 3 is 2.71 bits per heavy atom. The Hall–Kier alpha value is -2.22. The predicted molar refractivity (Wildman–Crippen MR) is 48.6 cm³/mol. The molecule has 0 aromatic carbocycles. The maximum absolute atomic E-state index is 8.53. The van der Waals surface area contributed by atoms with Crippen molar-refractivity contribution in [3.05, 3.63) is 35.8 Å². The van der Waals surface area contributed by atoms with Crippen LogP contribution in [0, 0.1) is 18.3 Å². The van der Waals surface area contributed by atoms with Gasteiger partial charge < -0.3 is 0 Å². The molecule has 0 unspecified atom stereocenters. The first-order valence-corrected chi connectivity index (χ1v) is 4.05. The fourth-order valence-electron chi connectivity index (χ4n) is 1.05. The fraction of sp³-hybridized carbons (Fsp3) is 0.111. The topological polar surface area (TPSA) is 67.4 Å². The Morgan fingerprint density at radius 2 is 2.21 bits per heavy atom. The van der Waals surface area contributed by atoms with Crippen molar-refractivity contribution in [1.82, 2.24) is 20.0 Å². The van der Waals surface area contributed by atoms with Crippen LogP contribution >= 0.6 is 0 Å². The van der Waals surface area contributed by atoms with Gasteiger partial charge in [0.2, 0.25) is 0 Å². The molecule has 0 amide bonds. The molecule has 2 rings (SSSR count). The number of nitriles is 1. The van der Waals surface area contributed by atoms with Gasteiger partial charge in [0.15, 0.2) is 11.5 Å². The fourth-order valence-corrected chi connectivity index (χ4v) is 1.05. The average Bonchev–Trinajstić information content (AvgIpc) is 2.65. The molecule has 0 aliphatic rings. The predicted octanol–water partition coefficient (Wildman–Crippen LogP) is 0.842. The van der Waals surface area contributed by atoms with E-state index >= 15 is 0 Å². The first-order chi connectivity index (χ1) is 6.79. The van der Waals surface area contributed by atoms with Crippen molar-refractivity contribution in [3.8, 4) is 11.9 Å². The zero-order valence-corrected chi connectivity index (χ0v) is 7.55. The van der Waals surface area contributed by atoms with Gasteiger partial charge in [-0.2, -0.15) is 10.4 Å². The van der Waals surface area contributed by atoms with Crippen molar-refractivity contribution in [2.24, 2.45) is 0 Å². The summed E-state index contributed by atoms with van der Waals surface area (Å²) in [6, 6.07) is 5.22. The Balaban J connectivity index is 2.39. The van der Waals surface area contributed by atoms with Crippen molar-refractivity contribution in [2.75, 3.05) is 0 Å². The third kappa shape index (κ3) is 1.45. The van der Waals surface area contributed by atoms with E-state index in [1.165, 1.54) is 0 Å². The van der Waals surface area contributed by atoms with Gasteiger partial charge in [-0.3, -0.25) is 0 Å². The highest BCUT2D eigenvalue weighted by molar-refractivity contribution is 5.26. The summed E-state index contributed by atoms with van der Waals surface area (Å²) < 4.78 is 1.61. The van der Waals surface area contributed by atoms with Crippen LogP contribution in [0.2, 0.25) is 0 Å². The van der Waals surface area contributed by atoms with E-state index in [1.54, 1.807) is 23.0 Å². The minimum Gasteiger partial charge on any atom is -0.221 e. The lowest BCUT2D eigenvalue weighted by Gasteiger charge is -1.96. The molecule has 2 aromatic rings. The van der Waals surface area contributed by atoms with Crippen molar-refractivity contribution < 1.29 is 0 Å². The maximum Gasteiger partial charge on any atom is 0.175 e. The first-order valence-electron chi connectivity index (χ1n) is 4.05. The minimum absolute atomic E-state index is 0.303. The van der Waals surface area contributed by atoms with Crippen LogP contribution in [0.5, 0.6) is 0 Å². The monoisotopic (exact) mass is 185 g/mol. The molecule has 14 heavy (non-hydrogen) atoms. The SMILES string of the molecule is Cc1cnn(-c2ccc(C#N)nn2)c1. The molecule has 0 aliphatic heterocycles. The van der Waals surface area contributed by atoms with Crippen molar-refractivity contribution in [3.63, 3.8) is 0 Å².